The summed E-state index contributed by atoms with van der Waals surface area (Å²) in [7, 11) is 4.29. The minimum absolute atomic E-state index is 0. The smallest absolute Gasteiger partial charge is 0.220 e. The zero-order valence-electron chi connectivity index (χ0n) is 17.6. The molecule has 0 bridgehead atoms. The molecule has 1 amide bonds. The fourth-order valence-corrected chi connectivity index (χ4v) is 4.43. The zero-order valence-corrected chi connectivity index (χ0v) is 18.5. The number of rotatable bonds is 8. The van der Waals surface area contributed by atoms with E-state index in [1.54, 1.807) is 0 Å². The molecule has 0 radical (unpaired) electrons. The Morgan fingerprint density at radius 1 is 1.10 bits per heavy atom. The molecule has 1 aromatic heterocycles. The summed E-state index contributed by atoms with van der Waals surface area (Å²) in [6, 6.07) is 16.6. The average Bonchev–Trinajstić information content (AvgIpc) is 2.73. The van der Waals surface area contributed by atoms with E-state index in [2.05, 4.69) is 65.7 Å². The van der Waals surface area contributed by atoms with Crippen LogP contribution in [-0.2, 0) is 16.8 Å². The standard InChI is InChI=1S/C24H33N3O.ClH/c1-27(2)24(22-12-6-7-17-25-22)15-13-21(14-16-24)19-23(28)26-18-8-11-20-9-4-3-5-10-20;/h3-7,9-10,12,17,21H,8,11,13-16,18-19H2,1-2H3,(H,26,28);1H. The number of amides is 1. The number of halogens is 1. The van der Waals surface area contributed by atoms with Crippen molar-refractivity contribution >= 4 is 18.3 Å². The molecule has 1 saturated carbocycles. The van der Waals surface area contributed by atoms with Crippen LogP contribution in [0.3, 0.4) is 0 Å². The van der Waals surface area contributed by atoms with Gasteiger partial charge >= 0.3 is 0 Å². The van der Waals surface area contributed by atoms with Crippen molar-refractivity contribution in [1.29, 1.82) is 0 Å². The Balaban J connectivity index is 0.00000300. The van der Waals surface area contributed by atoms with Crippen molar-refractivity contribution < 1.29 is 4.79 Å². The summed E-state index contributed by atoms with van der Waals surface area (Å²) in [5.74, 6) is 0.680. The summed E-state index contributed by atoms with van der Waals surface area (Å²) in [6.45, 7) is 0.760. The van der Waals surface area contributed by atoms with Crippen molar-refractivity contribution in [2.75, 3.05) is 20.6 Å². The first kappa shape index (κ1) is 23.4. The minimum Gasteiger partial charge on any atom is -0.356 e. The molecule has 1 N–H and O–H groups in total. The largest absolute Gasteiger partial charge is 0.356 e. The molecule has 158 valence electrons. The van der Waals surface area contributed by atoms with E-state index in [4.69, 9.17) is 0 Å². The molecule has 0 atom stereocenters. The number of carbonyl (C=O) groups excluding carboxylic acids is 1. The first-order valence-electron chi connectivity index (χ1n) is 10.5. The van der Waals surface area contributed by atoms with Crippen LogP contribution in [0, 0.1) is 5.92 Å². The van der Waals surface area contributed by atoms with E-state index < -0.39 is 0 Å². The number of nitrogens with one attached hydrogen (secondary N) is 1. The van der Waals surface area contributed by atoms with Crippen LogP contribution in [-0.4, -0.2) is 36.4 Å². The lowest BCUT2D eigenvalue weighted by Gasteiger charge is -2.44. The van der Waals surface area contributed by atoms with Crippen molar-refractivity contribution in [2.24, 2.45) is 5.92 Å². The summed E-state index contributed by atoms with van der Waals surface area (Å²) in [6.07, 6.45) is 8.81. The fourth-order valence-electron chi connectivity index (χ4n) is 4.43. The van der Waals surface area contributed by atoms with Gasteiger partial charge in [0.15, 0.2) is 0 Å². The van der Waals surface area contributed by atoms with Gasteiger partial charge in [0, 0.05) is 19.2 Å². The van der Waals surface area contributed by atoms with Crippen LogP contribution in [0.5, 0.6) is 0 Å². The summed E-state index contributed by atoms with van der Waals surface area (Å²) in [5, 5.41) is 3.11. The summed E-state index contributed by atoms with van der Waals surface area (Å²) >= 11 is 0. The van der Waals surface area contributed by atoms with E-state index in [0.29, 0.717) is 12.3 Å². The lowest BCUT2D eigenvalue weighted by molar-refractivity contribution is -0.122. The number of nitrogens with zero attached hydrogens (tertiary/aromatic N) is 2. The number of aromatic nitrogens is 1. The highest BCUT2D eigenvalue weighted by Gasteiger charge is 2.40. The van der Waals surface area contributed by atoms with Crippen molar-refractivity contribution in [3.8, 4) is 0 Å². The highest BCUT2D eigenvalue weighted by Crippen LogP contribution is 2.43. The van der Waals surface area contributed by atoms with E-state index in [1.165, 1.54) is 5.56 Å². The molecule has 1 aliphatic rings. The number of aryl methyl sites for hydroxylation is 1. The molecule has 1 heterocycles. The maximum atomic E-state index is 12.4. The predicted molar refractivity (Wildman–Crippen MR) is 121 cm³/mol. The van der Waals surface area contributed by atoms with Gasteiger partial charge < -0.3 is 5.32 Å². The monoisotopic (exact) mass is 415 g/mol. The lowest BCUT2D eigenvalue weighted by Crippen LogP contribution is -2.45. The Morgan fingerprint density at radius 3 is 2.41 bits per heavy atom. The number of pyridine rings is 1. The van der Waals surface area contributed by atoms with Crippen LogP contribution in [0.15, 0.2) is 54.7 Å². The minimum atomic E-state index is 0. The maximum absolute atomic E-state index is 12.4. The normalized spacial score (nSPS) is 21.4. The second-order valence-electron chi connectivity index (χ2n) is 8.23. The van der Waals surface area contributed by atoms with Gasteiger partial charge in [-0.3, -0.25) is 14.7 Å². The Kier molecular flexibility index (Phi) is 9.12. The molecule has 29 heavy (non-hydrogen) atoms. The molecular weight excluding hydrogens is 382 g/mol. The third-order valence-corrected chi connectivity index (χ3v) is 6.21. The van der Waals surface area contributed by atoms with Crippen LogP contribution < -0.4 is 5.32 Å². The van der Waals surface area contributed by atoms with E-state index in [-0.39, 0.29) is 23.9 Å². The van der Waals surface area contributed by atoms with E-state index >= 15 is 0 Å². The Morgan fingerprint density at radius 2 is 1.79 bits per heavy atom. The molecule has 0 aliphatic heterocycles. The molecule has 2 aromatic rings. The Hall–Kier alpha value is -1.91. The summed E-state index contributed by atoms with van der Waals surface area (Å²) in [5.41, 5.74) is 2.49. The first-order valence-corrected chi connectivity index (χ1v) is 10.5. The van der Waals surface area contributed by atoms with E-state index in [9.17, 15) is 4.79 Å². The fraction of sp³-hybridized carbons (Fsp3) is 0.500. The molecule has 5 heteroatoms. The van der Waals surface area contributed by atoms with Crippen molar-refractivity contribution in [1.82, 2.24) is 15.2 Å². The third kappa shape index (κ3) is 6.28. The summed E-state index contributed by atoms with van der Waals surface area (Å²) in [4.78, 5) is 19.3. The molecule has 3 rings (SSSR count). The zero-order chi connectivity index (χ0) is 19.8. The van der Waals surface area contributed by atoms with Crippen LogP contribution in [0.1, 0.15) is 49.8 Å². The third-order valence-electron chi connectivity index (χ3n) is 6.21. The SMILES string of the molecule is CN(C)C1(c2ccccn2)CCC(CC(=O)NCCCc2ccccc2)CC1.Cl. The van der Waals surface area contributed by atoms with Gasteiger partial charge in [0.1, 0.15) is 0 Å². The molecule has 4 nitrogen and oxygen atoms in total. The molecule has 1 aliphatic carbocycles. The van der Waals surface area contributed by atoms with Gasteiger partial charge in [-0.15, -0.1) is 12.4 Å². The predicted octanol–water partition coefficient (Wildman–Crippen LogP) is 4.59. The van der Waals surface area contributed by atoms with Crippen molar-refractivity contribution in [3.05, 3.63) is 66.0 Å². The topological polar surface area (TPSA) is 45.2 Å². The lowest BCUT2D eigenvalue weighted by atomic mass is 9.72. The van der Waals surface area contributed by atoms with Crippen molar-refractivity contribution in [3.63, 3.8) is 0 Å². The van der Waals surface area contributed by atoms with Crippen LogP contribution >= 0.6 is 12.4 Å². The number of carbonyl (C=O) groups is 1. The molecule has 0 spiro atoms. The average molecular weight is 416 g/mol. The number of hydrogen-bond acceptors (Lipinski definition) is 3. The second-order valence-corrected chi connectivity index (χ2v) is 8.23. The quantitative estimate of drug-likeness (QED) is 0.641. The van der Waals surface area contributed by atoms with Crippen molar-refractivity contribution in [2.45, 2.75) is 50.5 Å². The molecule has 1 fully saturated rings. The Bertz CT molecular complexity index is 728. The Labute approximate surface area is 181 Å². The van der Waals surface area contributed by atoms with Gasteiger partial charge in [0.25, 0.3) is 0 Å². The van der Waals surface area contributed by atoms with Crippen LogP contribution in [0.2, 0.25) is 0 Å². The molecular formula is C24H34ClN3O. The van der Waals surface area contributed by atoms with Gasteiger partial charge in [-0.05, 0) is 76.2 Å². The van der Waals surface area contributed by atoms with E-state index in [0.717, 1.165) is 50.8 Å². The van der Waals surface area contributed by atoms with Gasteiger partial charge in [-0.1, -0.05) is 36.4 Å². The highest BCUT2D eigenvalue weighted by molar-refractivity contribution is 5.85. The van der Waals surface area contributed by atoms with Gasteiger partial charge in [-0.25, -0.2) is 0 Å². The van der Waals surface area contributed by atoms with E-state index in [1.807, 2.05) is 18.3 Å². The van der Waals surface area contributed by atoms with Gasteiger partial charge in [0.05, 0.1) is 11.2 Å². The molecule has 0 unspecified atom stereocenters. The molecule has 0 saturated heterocycles. The number of benzene rings is 1. The van der Waals surface area contributed by atoms with Crippen LogP contribution in [0.25, 0.3) is 0 Å². The maximum Gasteiger partial charge on any atom is 0.220 e. The highest BCUT2D eigenvalue weighted by atomic mass is 35.5. The van der Waals surface area contributed by atoms with Crippen LogP contribution in [0.4, 0.5) is 0 Å². The first-order chi connectivity index (χ1) is 13.6. The van der Waals surface area contributed by atoms with Gasteiger partial charge in [-0.2, -0.15) is 0 Å². The molecule has 1 aromatic carbocycles. The number of hydrogen-bond donors (Lipinski definition) is 1. The summed E-state index contributed by atoms with van der Waals surface area (Å²) < 4.78 is 0. The second kappa shape index (κ2) is 11.3. The van der Waals surface area contributed by atoms with Gasteiger partial charge in [0.2, 0.25) is 5.91 Å².